The van der Waals surface area contributed by atoms with Gasteiger partial charge in [-0.2, -0.15) is 0 Å². The van der Waals surface area contributed by atoms with E-state index in [9.17, 15) is 9.59 Å². The van der Waals surface area contributed by atoms with Crippen LogP contribution in [0.4, 0.5) is 11.4 Å². The normalized spacial score (nSPS) is 11.4. The van der Waals surface area contributed by atoms with Gasteiger partial charge in [0.1, 0.15) is 11.5 Å². The molecule has 2 amide bonds. The zero-order chi connectivity index (χ0) is 23.8. The number of ether oxygens (including phenoxy) is 2. The molecule has 8 heteroatoms. The van der Waals surface area contributed by atoms with Crippen molar-refractivity contribution in [3.8, 4) is 11.5 Å². The van der Waals surface area contributed by atoms with Gasteiger partial charge >= 0.3 is 0 Å². The average Bonchev–Trinajstić information content (AvgIpc) is 2.80. The van der Waals surface area contributed by atoms with E-state index in [1.165, 1.54) is 11.8 Å². The molecule has 0 aliphatic rings. The lowest BCUT2D eigenvalue weighted by atomic mass is 10.1. The fourth-order valence-corrected chi connectivity index (χ4v) is 4.10. The maximum Gasteiger partial charge on any atom is 0.237 e. The molecular weight excluding hydrogens is 460 g/mol. The van der Waals surface area contributed by atoms with Crippen molar-refractivity contribution in [3.05, 3.63) is 77.3 Å². The van der Waals surface area contributed by atoms with Gasteiger partial charge in [0.25, 0.3) is 0 Å². The van der Waals surface area contributed by atoms with Crippen LogP contribution in [0.25, 0.3) is 0 Å². The highest BCUT2D eigenvalue weighted by atomic mass is 35.5. The van der Waals surface area contributed by atoms with Crippen LogP contribution in [0.3, 0.4) is 0 Å². The Morgan fingerprint density at radius 1 is 0.970 bits per heavy atom. The van der Waals surface area contributed by atoms with Gasteiger partial charge in [0.05, 0.1) is 31.6 Å². The van der Waals surface area contributed by atoms with Crippen LogP contribution in [-0.4, -0.2) is 31.3 Å². The van der Waals surface area contributed by atoms with Crippen LogP contribution in [0.5, 0.6) is 11.5 Å². The third-order valence-corrected chi connectivity index (χ3v) is 6.09. The molecule has 1 unspecified atom stereocenters. The topological polar surface area (TPSA) is 76.7 Å². The van der Waals surface area contributed by atoms with Crippen LogP contribution >= 0.6 is 23.4 Å². The molecule has 0 heterocycles. The molecule has 0 saturated heterocycles. The number of thioether (sulfide) groups is 1. The van der Waals surface area contributed by atoms with Crippen LogP contribution in [0.2, 0.25) is 5.02 Å². The predicted octanol–water partition coefficient (Wildman–Crippen LogP) is 5.66. The zero-order valence-corrected chi connectivity index (χ0v) is 20.1. The first-order chi connectivity index (χ1) is 15.9. The monoisotopic (exact) mass is 484 g/mol. The van der Waals surface area contributed by atoms with E-state index < -0.39 is 0 Å². The zero-order valence-electron chi connectivity index (χ0n) is 18.6. The Morgan fingerprint density at radius 3 is 2.42 bits per heavy atom. The van der Waals surface area contributed by atoms with Gasteiger partial charge in [-0.25, -0.2) is 0 Å². The molecule has 0 bridgehead atoms. The summed E-state index contributed by atoms with van der Waals surface area (Å²) in [6.45, 7) is 1.82. The van der Waals surface area contributed by atoms with Crippen LogP contribution in [0, 0.1) is 0 Å². The summed E-state index contributed by atoms with van der Waals surface area (Å²) in [7, 11) is 3.11. The average molecular weight is 485 g/mol. The second-order valence-corrected chi connectivity index (χ2v) is 9.05. The van der Waals surface area contributed by atoms with E-state index >= 15 is 0 Å². The van der Waals surface area contributed by atoms with Gasteiger partial charge in [-0.1, -0.05) is 29.8 Å². The summed E-state index contributed by atoms with van der Waals surface area (Å²) in [5.41, 5.74) is 2.08. The Hall–Kier alpha value is -3.16. The second kappa shape index (κ2) is 11.6. The minimum absolute atomic E-state index is 0.129. The summed E-state index contributed by atoms with van der Waals surface area (Å²) in [4.78, 5) is 26.0. The predicted molar refractivity (Wildman–Crippen MR) is 134 cm³/mol. The Morgan fingerprint density at radius 2 is 1.73 bits per heavy atom. The maximum absolute atomic E-state index is 12.8. The number of anilines is 2. The van der Waals surface area contributed by atoms with Gasteiger partial charge < -0.3 is 20.1 Å². The van der Waals surface area contributed by atoms with Crippen molar-refractivity contribution in [1.29, 1.82) is 0 Å². The molecule has 2 N–H and O–H groups in total. The van der Waals surface area contributed by atoms with Gasteiger partial charge in [-0.05, 0) is 55.0 Å². The third kappa shape index (κ3) is 7.17. The number of hydrogen-bond acceptors (Lipinski definition) is 5. The first-order valence-corrected chi connectivity index (χ1v) is 11.5. The minimum Gasteiger partial charge on any atom is -0.497 e. The molecule has 3 aromatic carbocycles. The molecular formula is C25H25ClN2O4S. The lowest BCUT2D eigenvalue weighted by Crippen LogP contribution is -2.22. The highest BCUT2D eigenvalue weighted by molar-refractivity contribution is 8.00. The van der Waals surface area contributed by atoms with Crippen LogP contribution in [-0.2, 0) is 16.0 Å². The number of carbonyl (C=O) groups excluding carboxylic acids is 2. The number of amides is 2. The standard InChI is InChI=1S/C25H25ClN2O4S/c1-16(25(30)28-22-15-20(31-2)11-12-23(22)32-3)33-21-6-4-5-19(14-21)27-24(29)13-17-7-9-18(26)10-8-17/h4-12,14-16H,13H2,1-3H3,(H,27,29)(H,28,30). The van der Waals surface area contributed by atoms with Crippen LogP contribution in [0.1, 0.15) is 12.5 Å². The summed E-state index contributed by atoms with van der Waals surface area (Å²) in [6.07, 6.45) is 0.246. The van der Waals surface area contributed by atoms with Gasteiger partial charge in [0.15, 0.2) is 0 Å². The number of hydrogen-bond donors (Lipinski definition) is 2. The van der Waals surface area contributed by atoms with Crippen LogP contribution < -0.4 is 20.1 Å². The molecule has 0 fully saturated rings. The maximum atomic E-state index is 12.8. The van der Waals surface area contributed by atoms with Crippen molar-refractivity contribution in [2.45, 2.75) is 23.5 Å². The van der Waals surface area contributed by atoms with Crippen LogP contribution in [0.15, 0.2) is 71.6 Å². The Kier molecular flexibility index (Phi) is 8.63. The summed E-state index contributed by atoms with van der Waals surface area (Å²) >= 11 is 7.28. The number of nitrogens with one attached hydrogen (secondary N) is 2. The number of halogens is 1. The second-order valence-electron chi connectivity index (χ2n) is 7.19. The molecule has 0 aliphatic heterocycles. The molecule has 0 aromatic heterocycles. The van der Waals surface area contributed by atoms with Gasteiger partial charge in [0, 0.05) is 21.7 Å². The van der Waals surface area contributed by atoms with E-state index in [4.69, 9.17) is 21.1 Å². The van der Waals surface area contributed by atoms with Crippen molar-refractivity contribution in [1.82, 2.24) is 0 Å². The highest BCUT2D eigenvalue weighted by Gasteiger charge is 2.17. The van der Waals surface area contributed by atoms with Gasteiger partial charge in [-0.15, -0.1) is 11.8 Å². The van der Waals surface area contributed by atoms with E-state index in [-0.39, 0.29) is 23.5 Å². The molecule has 0 saturated carbocycles. The summed E-state index contributed by atoms with van der Waals surface area (Å²) in [6, 6.07) is 19.8. The quantitative estimate of drug-likeness (QED) is 0.383. The third-order valence-electron chi connectivity index (χ3n) is 4.74. The van der Waals surface area contributed by atoms with Crippen molar-refractivity contribution >= 4 is 46.6 Å². The lowest BCUT2D eigenvalue weighted by molar-refractivity contribution is -0.116. The smallest absolute Gasteiger partial charge is 0.237 e. The number of carbonyl (C=O) groups is 2. The summed E-state index contributed by atoms with van der Waals surface area (Å²) in [5.74, 6) is 0.860. The van der Waals surface area contributed by atoms with E-state index in [0.717, 1.165) is 10.5 Å². The fraction of sp³-hybridized carbons (Fsp3) is 0.200. The molecule has 6 nitrogen and oxygen atoms in total. The first kappa shape index (κ1) is 24.5. The Labute approximate surface area is 202 Å². The van der Waals surface area contributed by atoms with Crippen molar-refractivity contribution in [2.24, 2.45) is 0 Å². The highest BCUT2D eigenvalue weighted by Crippen LogP contribution is 2.31. The fourth-order valence-electron chi connectivity index (χ4n) is 3.04. The first-order valence-electron chi connectivity index (χ1n) is 10.2. The number of methoxy groups -OCH3 is 2. The summed E-state index contributed by atoms with van der Waals surface area (Å²) < 4.78 is 10.5. The van der Waals surface area contributed by atoms with E-state index in [1.54, 1.807) is 44.6 Å². The van der Waals surface area contributed by atoms with Crippen molar-refractivity contribution in [3.63, 3.8) is 0 Å². The van der Waals surface area contributed by atoms with E-state index in [1.807, 2.05) is 43.3 Å². The molecule has 0 radical (unpaired) electrons. The Bertz CT molecular complexity index is 1120. The summed E-state index contributed by atoms with van der Waals surface area (Å²) in [5, 5.41) is 6.03. The SMILES string of the molecule is COc1ccc(OC)c(NC(=O)C(C)Sc2cccc(NC(=O)Cc3ccc(Cl)cc3)c2)c1. The van der Waals surface area contributed by atoms with Crippen molar-refractivity contribution in [2.75, 3.05) is 24.9 Å². The van der Waals surface area contributed by atoms with E-state index in [2.05, 4.69) is 10.6 Å². The van der Waals surface area contributed by atoms with Gasteiger partial charge in [-0.3, -0.25) is 9.59 Å². The largest absolute Gasteiger partial charge is 0.497 e. The molecule has 3 aromatic rings. The van der Waals surface area contributed by atoms with Crippen molar-refractivity contribution < 1.29 is 19.1 Å². The molecule has 3 rings (SSSR count). The minimum atomic E-state index is -0.388. The number of rotatable bonds is 9. The molecule has 172 valence electrons. The molecule has 0 aliphatic carbocycles. The molecule has 0 spiro atoms. The van der Waals surface area contributed by atoms with Gasteiger partial charge in [0.2, 0.25) is 11.8 Å². The molecule has 33 heavy (non-hydrogen) atoms. The number of benzene rings is 3. The van der Waals surface area contributed by atoms with E-state index in [0.29, 0.717) is 27.9 Å². The molecule has 1 atom stereocenters. The Balaban J connectivity index is 1.60. The lowest BCUT2D eigenvalue weighted by Gasteiger charge is -2.15.